The van der Waals surface area contributed by atoms with Gasteiger partial charge in [0.15, 0.2) is 0 Å². The fourth-order valence-corrected chi connectivity index (χ4v) is 2.51. The zero-order valence-electron chi connectivity index (χ0n) is 10.5. The molecule has 1 saturated carbocycles. The molecular weight excluding hydrogens is 234 g/mol. The third-order valence-electron chi connectivity index (χ3n) is 3.63. The molecule has 2 rings (SSSR count). The van der Waals surface area contributed by atoms with Crippen LogP contribution in [0.5, 0.6) is 0 Å². The molecule has 0 N–H and O–H groups in total. The maximum absolute atomic E-state index is 11.9. The Morgan fingerprint density at radius 1 is 0.944 bits per heavy atom. The van der Waals surface area contributed by atoms with E-state index in [1.165, 1.54) is 6.42 Å². The molecule has 0 radical (unpaired) electrons. The van der Waals surface area contributed by atoms with Gasteiger partial charge in [-0.2, -0.15) is 0 Å². The van der Waals surface area contributed by atoms with E-state index in [-0.39, 0.29) is 18.8 Å². The Hall–Kier alpha value is -1.39. The Bertz CT molecular complexity index is 329. The highest BCUT2D eigenvalue weighted by Gasteiger charge is 2.34. The van der Waals surface area contributed by atoms with Crippen molar-refractivity contribution in [2.45, 2.75) is 57.8 Å². The van der Waals surface area contributed by atoms with Gasteiger partial charge in [0.05, 0.1) is 5.92 Å². The average Bonchev–Trinajstić information content (AvgIpc) is 2.60. The van der Waals surface area contributed by atoms with Crippen molar-refractivity contribution in [1.29, 1.82) is 0 Å². The minimum absolute atomic E-state index is 0.150. The predicted molar refractivity (Wildman–Crippen MR) is 63.0 cm³/mol. The molecule has 0 spiro atoms. The van der Waals surface area contributed by atoms with Crippen LogP contribution in [0.25, 0.3) is 0 Å². The van der Waals surface area contributed by atoms with E-state index in [1.807, 2.05) is 0 Å². The van der Waals surface area contributed by atoms with E-state index in [0.717, 1.165) is 38.5 Å². The number of amides is 2. The number of carbonyl (C=O) groups is 3. The Kier molecular flexibility index (Phi) is 4.33. The molecule has 0 bridgehead atoms. The normalized spacial score (nSPS) is 22.8. The summed E-state index contributed by atoms with van der Waals surface area (Å²) in [5.74, 6) is -1.38. The summed E-state index contributed by atoms with van der Waals surface area (Å²) in [6.07, 6.45) is 7.45. The Labute approximate surface area is 106 Å². The van der Waals surface area contributed by atoms with Crippen LogP contribution in [0.4, 0.5) is 0 Å². The van der Waals surface area contributed by atoms with Crippen LogP contribution in [0.15, 0.2) is 0 Å². The second-order valence-corrected chi connectivity index (χ2v) is 5.03. The molecule has 1 aliphatic carbocycles. The maximum Gasteiger partial charge on any atom is 0.336 e. The predicted octanol–water partition coefficient (Wildman–Crippen LogP) is 1.95. The number of hydrogen-bond acceptors (Lipinski definition) is 4. The first kappa shape index (κ1) is 13.1. The van der Waals surface area contributed by atoms with Crippen LogP contribution in [0.3, 0.4) is 0 Å². The van der Waals surface area contributed by atoms with Crippen molar-refractivity contribution < 1.29 is 19.2 Å². The van der Waals surface area contributed by atoms with Crippen LogP contribution in [0.2, 0.25) is 0 Å². The molecule has 2 fully saturated rings. The summed E-state index contributed by atoms with van der Waals surface area (Å²) in [7, 11) is 0. The zero-order valence-corrected chi connectivity index (χ0v) is 10.5. The molecule has 2 amide bonds. The molecule has 5 heteroatoms. The van der Waals surface area contributed by atoms with Gasteiger partial charge in [0, 0.05) is 12.8 Å². The lowest BCUT2D eigenvalue weighted by Gasteiger charge is -2.20. The van der Waals surface area contributed by atoms with Gasteiger partial charge in [0.2, 0.25) is 0 Å². The third-order valence-corrected chi connectivity index (χ3v) is 3.63. The molecule has 0 aromatic rings. The highest BCUT2D eigenvalue weighted by Crippen LogP contribution is 2.24. The van der Waals surface area contributed by atoms with Gasteiger partial charge in [-0.1, -0.05) is 32.1 Å². The van der Waals surface area contributed by atoms with Gasteiger partial charge in [0.25, 0.3) is 11.8 Å². The van der Waals surface area contributed by atoms with E-state index in [9.17, 15) is 14.4 Å². The highest BCUT2D eigenvalue weighted by atomic mass is 16.7. The number of hydrogen-bond donors (Lipinski definition) is 0. The van der Waals surface area contributed by atoms with Gasteiger partial charge >= 0.3 is 5.97 Å². The van der Waals surface area contributed by atoms with Gasteiger partial charge < -0.3 is 4.84 Å². The summed E-state index contributed by atoms with van der Waals surface area (Å²) >= 11 is 0. The fraction of sp³-hybridized carbons (Fsp3) is 0.769. The topological polar surface area (TPSA) is 63.7 Å². The third kappa shape index (κ3) is 3.09. The molecule has 1 saturated heterocycles. The molecule has 1 heterocycles. The lowest BCUT2D eigenvalue weighted by Crippen LogP contribution is -2.34. The minimum atomic E-state index is -0.416. The van der Waals surface area contributed by atoms with Crippen LogP contribution in [-0.4, -0.2) is 22.8 Å². The van der Waals surface area contributed by atoms with Crippen LogP contribution in [0.1, 0.15) is 57.8 Å². The summed E-state index contributed by atoms with van der Waals surface area (Å²) in [4.78, 5) is 39.6. The van der Waals surface area contributed by atoms with E-state index >= 15 is 0 Å². The van der Waals surface area contributed by atoms with E-state index in [1.54, 1.807) is 0 Å². The van der Waals surface area contributed by atoms with Gasteiger partial charge in [-0.15, -0.1) is 5.06 Å². The number of imide groups is 1. The van der Waals surface area contributed by atoms with Crippen molar-refractivity contribution in [3.8, 4) is 0 Å². The van der Waals surface area contributed by atoms with Crippen molar-refractivity contribution in [3.05, 3.63) is 0 Å². The standard InChI is InChI=1S/C13H19NO4/c15-11-8-9-12(16)14(11)18-13(17)10-6-4-2-1-3-5-7-10/h10H,1-9H2. The Balaban J connectivity index is 1.89. The lowest BCUT2D eigenvalue weighted by molar-refractivity contribution is -0.201. The van der Waals surface area contributed by atoms with Crippen molar-refractivity contribution in [2.24, 2.45) is 5.92 Å². The van der Waals surface area contributed by atoms with Gasteiger partial charge in [0.1, 0.15) is 0 Å². The Morgan fingerprint density at radius 3 is 2.00 bits per heavy atom. The number of carbonyl (C=O) groups excluding carboxylic acids is 3. The van der Waals surface area contributed by atoms with E-state index in [4.69, 9.17) is 4.84 Å². The molecule has 0 aromatic carbocycles. The smallest absolute Gasteiger partial charge is 0.330 e. The van der Waals surface area contributed by atoms with E-state index in [2.05, 4.69) is 0 Å². The minimum Gasteiger partial charge on any atom is -0.330 e. The van der Waals surface area contributed by atoms with Gasteiger partial charge in [-0.3, -0.25) is 9.59 Å². The van der Waals surface area contributed by atoms with Crippen molar-refractivity contribution in [3.63, 3.8) is 0 Å². The first-order chi connectivity index (χ1) is 8.68. The lowest BCUT2D eigenvalue weighted by atomic mass is 9.91. The van der Waals surface area contributed by atoms with Crippen LogP contribution in [0, 0.1) is 5.92 Å². The largest absolute Gasteiger partial charge is 0.336 e. The van der Waals surface area contributed by atoms with E-state index in [0.29, 0.717) is 5.06 Å². The first-order valence-electron chi connectivity index (χ1n) is 6.76. The van der Waals surface area contributed by atoms with E-state index < -0.39 is 17.8 Å². The molecule has 1 aliphatic heterocycles. The summed E-state index contributed by atoms with van der Waals surface area (Å²) in [5.41, 5.74) is 0. The summed E-state index contributed by atoms with van der Waals surface area (Å²) < 4.78 is 0. The molecule has 100 valence electrons. The molecule has 5 nitrogen and oxygen atoms in total. The second kappa shape index (κ2) is 5.98. The average molecular weight is 253 g/mol. The molecule has 0 aromatic heterocycles. The van der Waals surface area contributed by atoms with Gasteiger partial charge in [-0.05, 0) is 12.8 Å². The zero-order chi connectivity index (χ0) is 13.0. The van der Waals surface area contributed by atoms with Crippen molar-refractivity contribution in [2.75, 3.05) is 0 Å². The number of hydroxylamine groups is 2. The summed E-state index contributed by atoms with van der Waals surface area (Å²) in [6.45, 7) is 0. The number of nitrogens with zero attached hydrogens (tertiary/aromatic N) is 1. The first-order valence-corrected chi connectivity index (χ1v) is 6.76. The number of rotatable bonds is 2. The SMILES string of the molecule is O=C(ON1C(=O)CCC1=O)C1CCCCCCC1. The van der Waals surface area contributed by atoms with Crippen LogP contribution in [-0.2, 0) is 19.2 Å². The molecule has 2 aliphatic rings. The monoisotopic (exact) mass is 253 g/mol. The summed E-state index contributed by atoms with van der Waals surface area (Å²) in [6, 6.07) is 0. The van der Waals surface area contributed by atoms with Crippen molar-refractivity contribution in [1.82, 2.24) is 5.06 Å². The summed E-state index contributed by atoms with van der Waals surface area (Å²) in [5, 5.41) is 0.654. The second-order valence-electron chi connectivity index (χ2n) is 5.03. The highest BCUT2D eigenvalue weighted by molar-refractivity contribution is 6.01. The molecule has 18 heavy (non-hydrogen) atoms. The fourth-order valence-electron chi connectivity index (χ4n) is 2.51. The molecular formula is C13H19NO4. The van der Waals surface area contributed by atoms with Gasteiger partial charge in [-0.25, -0.2) is 4.79 Å². The Morgan fingerprint density at radius 2 is 1.44 bits per heavy atom. The van der Waals surface area contributed by atoms with Crippen LogP contribution < -0.4 is 0 Å². The quantitative estimate of drug-likeness (QED) is 0.706. The molecule has 0 atom stereocenters. The van der Waals surface area contributed by atoms with Crippen LogP contribution >= 0.6 is 0 Å². The molecule has 0 unspecified atom stereocenters. The maximum atomic E-state index is 11.9. The van der Waals surface area contributed by atoms with Crippen molar-refractivity contribution >= 4 is 17.8 Å².